The van der Waals surface area contributed by atoms with Crippen LogP contribution in [0.1, 0.15) is 41.9 Å². The predicted octanol–water partition coefficient (Wildman–Crippen LogP) is 3.60. The van der Waals surface area contributed by atoms with Crippen molar-refractivity contribution in [3.63, 3.8) is 0 Å². The number of amides is 2. The molecule has 3 aromatic rings. The number of carbonyl (C=O) groups is 2. The van der Waals surface area contributed by atoms with Crippen molar-refractivity contribution in [1.29, 1.82) is 0 Å². The molecule has 0 aliphatic heterocycles. The van der Waals surface area contributed by atoms with Crippen LogP contribution in [0.2, 0.25) is 0 Å². The van der Waals surface area contributed by atoms with Gasteiger partial charge in [-0.15, -0.1) is 0 Å². The number of hydrogen-bond acceptors (Lipinski definition) is 6. The van der Waals surface area contributed by atoms with Crippen molar-refractivity contribution in [1.82, 2.24) is 15.5 Å². The zero-order chi connectivity index (χ0) is 21.6. The van der Waals surface area contributed by atoms with Crippen molar-refractivity contribution in [2.45, 2.75) is 38.1 Å². The fourth-order valence-corrected chi connectivity index (χ4v) is 3.11. The third-order valence-electron chi connectivity index (χ3n) is 4.97. The van der Waals surface area contributed by atoms with Gasteiger partial charge in [0.05, 0.1) is 18.4 Å². The number of ether oxygens (including phenoxy) is 1. The molecule has 0 atom stereocenters. The highest BCUT2D eigenvalue weighted by molar-refractivity contribution is 6.03. The summed E-state index contributed by atoms with van der Waals surface area (Å²) in [5, 5.41) is 9.78. The molecule has 0 unspecified atom stereocenters. The summed E-state index contributed by atoms with van der Waals surface area (Å²) in [7, 11) is 1.61. The lowest BCUT2D eigenvalue weighted by molar-refractivity contribution is -0.116. The topological polar surface area (TPSA) is 106 Å². The van der Waals surface area contributed by atoms with Crippen molar-refractivity contribution >= 4 is 17.5 Å². The first-order valence-electron chi connectivity index (χ1n) is 10.3. The summed E-state index contributed by atoms with van der Waals surface area (Å²) in [6.45, 7) is 0. The Morgan fingerprint density at radius 1 is 1.13 bits per heavy atom. The van der Waals surface area contributed by atoms with E-state index in [2.05, 4.69) is 20.8 Å². The highest BCUT2D eigenvalue weighted by atomic mass is 16.5. The lowest BCUT2D eigenvalue weighted by Gasteiger charge is -2.11. The van der Waals surface area contributed by atoms with Crippen LogP contribution in [-0.4, -0.2) is 35.1 Å². The Hall–Kier alpha value is -3.68. The van der Waals surface area contributed by atoms with E-state index >= 15 is 0 Å². The number of nitrogens with one attached hydrogen (secondary N) is 2. The molecule has 2 amide bonds. The lowest BCUT2D eigenvalue weighted by Crippen LogP contribution is -2.26. The molecule has 1 aliphatic carbocycles. The van der Waals surface area contributed by atoms with Crippen molar-refractivity contribution in [3.8, 4) is 17.1 Å². The summed E-state index contributed by atoms with van der Waals surface area (Å²) in [6.07, 6.45) is 3.33. The number of carbonyl (C=O) groups excluding carboxylic acids is 2. The predicted molar refractivity (Wildman–Crippen MR) is 115 cm³/mol. The lowest BCUT2D eigenvalue weighted by atomic mass is 10.1. The van der Waals surface area contributed by atoms with Crippen LogP contribution in [0.5, 0.6) is 5.75 Å². The molecule has 8 heteroatoms. The Kier molecular flexibility index (Phi) is 6.26. The van der Waals surface area contributed by atoms with Crippen LogP contribution in [0.15, 0.2) is 53.1 Å². The quantitative estimate of drug-likeness (QED) is 0.548. The second-order valence-corrected chi connectivity index (χ2v) is 7.44. The zero-order valence-corrected chi connectivity index (χ0v) is 17.3. The summed E-state index contributed by atoms with van der Waals surface area (Å²) >= 11 is 0. The van der Waals surface area contributed by atoms with Crippen molar-refractivity contribution in [3.05, 3.63) is 60.0 Å². The van der Waals surface area contributed by atoms with Gasteiger partial charge in [0.15, 0.2) is 0 Å². The fourth-order valence-electron chi connectivity index (χ4n) is 3.11. The van der Waals surface area contributed by atoms with Crippen LogP contribution < -0.4 is 15.4 Å². The maximum absolute atomic E-state index is 12.4. The highest BCUT2D eigenvalue weighted by Gasteiger charge is 2.25. The van der Waals surface area contributed by atoms with Gasteiger partial charge >= 0.3 is 0 Å². The Balaban J connectivity index is 1.28. The van der Waals surface area contributed by atoms with E-state index in [0.29, 0.717) is 35.8 Å². The number of para-hydroxylation sites is 1. The Morgan fingerprint density at radius 3 is 2.65 bits per heavy atom. The molecule has 1 saturated carbocycles. The minimum Gasteiger partial charge on any atom is -0.497 e. The minimum absolute atomic E-state index is 0.157. The minimum atomic E-state index is -0.165. The summed E-state index contributed by atoms with van der Waals surface area (Å²) < 4.78 is 10.4. The largest absolute Gasteiger partial charge is 0.497 e. The van der Waals surface area contributed by atoms with E-state index in [1.54, 1.807) is 31.4 Å². The van der Waals surface area contributed by atoms with Crippen LogP contribution >= 0.6 is 0 Å². The van der Waals surface area contributed by atoms with Gasteiger partial charge in [-0.25, -0.2) is 0 Å². The van der Waals surface area contributed by atoms with Gasteiger partial charge in [0.1, 0.15) is 5.75 Å². The average molecular weight is 420 g/mol. The van der Waals surface area contributed by atoms with E-state index in [9.17, 15) is 9.59 Å². The summed E-state index contributed by atoms with van der Waals surface area (Å²) in [4.78, 5) is 29.1. The molecule has 0 spiro atoms. The first-order valence-corrected chi connectivity index (χ1v) is 10.3. The van der Waals surface area contributed by atoms with E-state index in [1.165, 1.54) is 0 Å². The van der Waals surface area contributed by atoms with Crippen LogP contribution in [0.25, 0.3) is 11.4 Å². The maximum atomic E-state index is 12.4. The van der Waals surface area contributed by atoms with Gasteiger partial charge < -0.3 is 19.9 Å². The van der Waals surface area contributed by atoms with Crippen LogP contribution in [-0.2, 0) is 11.2 Å². The standard InChI is InChI=1S/C23H24N4O4/c1-30-17-13-9-15(10-14-17)22-26-21(31-27-22)8-4-7-20(28)25-19-6-3-2-5-18(19)23(29)24-16-11-12-16/h2-3,5-6,9-10,13-14,16H,4,7-8,11-12H2,1H3,(H,24,29)(H,25,28). The Bertz CT molecular complexity index is 1060. The van der Waals surface area contributed by atoms with Gasteiger partial charge in [0.2, 0.25) is 17.6 Å². The van der Waals surface area contributed by atoms with Crippen LogP contribution in [0.4, 0.5) is 5.69 Å². The van der Waals surface area contributed by atoms with Crippen LogP contribution in [0, 0.1) is 0 Å². The van der Waals surface area contributed by atoms with Crippen molar-refractivity contribution in [2.75, 3.05) is 12.4 Å². The number of aryl methyl sites for hydroxylation is 1. The molecule has 4 rings (SSSR count). The van der Waals surface area contributed by atoms with Crippen LogP contribution in [0.3, 0.4) is 0 Å². The molecule has 2 aromatic carbocycles. The van der Waals surface area contributed by atoms with E-state index in [0.717, 1.165) is 24.2 Å². The monoisotopic (exact) mass is 420 g/mol. The number of anilines is 1. The molecule has 0 radical (unpaired) electrons. The first-order chi connectivity index (χ1) is 15.1. The molecule has 160 valence electrons. The fraction of sp³-hybridized carbons (Fsp3) is 0.304. The summed E-state index contributed by atoms with van der Waals surface area (Å²) in [6, 6.07) is 14.7. The molecule has 1 aromatic heterocycles. The van der Waals surface area contributed by atoms with Gasteiger partial charge in [0.25, 0.3) is 5.91 Å². The number of rotatable bonds is 9. The molecule has 1 fully saturated rings. The third kappa shape index (κ3) is 5.48. The van der Waals surface area contributed by atoms with Gasteiger partial charge in [-0.05, 0) is 55.7 Å². The molecule has 31 heavy (non-hydrogen) atoms. The second kappa shape index (κ2) is 9.42. The van der Waals surface area contributed by atoms with Gasteiger partial charge in [-0.1, -0.05) is 17.3 Å². The number of methoxy groups -OCH3 is 1. The number of aromatic nitrogens is 2. The molecule has 1 aliphatic rings. The normalized spacial score (nSPS) is 12.9. The average Bonchev–Trinajstić information content (AvgIpc) is 3.48. The number of hydrogen-bond donors (Lipinski definition) is 2. The maximum Gasteiger partial charge on any atom is 0.253 e. The third-order valence-corrected chi connectivity index (χ3v) is 4.97. The van der Waals surface area contributed by atoms with Crippen molar-refractivity contribution in [2.24, 2.45) is 0 Å². The molecule has 0 saturated heterocycles. The number of nitrogens with zero attached hydrogens (tertiary/aromatic N) is 2. The SMILES string of the molecule is COc1ccc(-c2noc(CCCC(=O)Nc3ccccc3C(=O)NC3CC3)n2)cc1. The van der Waals surface area contributed by atoms with Gasteiger partial charge in [-0.2, -0.15) is 4.98 Å². The smallest absolute Gasteiger partial charge is 0.253 e. The molecule has 2 N–H and O–H groups in total. The van der Waals surface area contributed by atoms with E-state index in [4.69, 9.17) is 9.26 Å². The van der Waals surface area contributed by atoms with E-state index in [1.807, 2.05) is 24.3 Å². The first kappa shape index (κ1) is 20.6. The molecule has 1 heterocycles. The number of benzene rings is 2. The second-order valence-electron chi connectivity index (χ2n) is 7.44. The van der Waals surface area contributed by atoms with Crippen molar-refractivity contribution < 1.29 is 18.8 Å². The van der Waals surface area contributed by atoms with Gasteiger partial charge in [-0.3, -0.25) is 9.59 Å². The molecule has 8 nitrogen and oxygen atoms in total. The Labute approximate surface area is 180 Å². The zero-order valence-electron chi connectivity index (χ0n) is 17.3. The molecular weight excluding hydrogens is 396 g/mol. The summed E-state index contributed by atoms with van der Waals surface area (Å²) in [5.74, 6) is 1.41. The summed E-state index contributed by atoms with van der Waals surface area (Å²) in [5.41, 5.74) is 1.82. The van der Waals surface area contributed by atoms with E-state index in [-0.39, 0.29) is 24.3 Å². The van der Waals surface area contributed by atoms with Gasteiger partial charge in [0, 0.05) is 24.4 Å². The van der Waals surface area contributed by atoms with E-state index < -0.39 is 0 Å². The molecular formula is C23H24N4O4. The Morgan fingerprint density at radius 2 is 1.90 bits per heavy atom. The highest BCUT2D eigenvalue weighted by Crippen LogP contribution is 2.22. The molecule has 0 bridgehead atoms.